The van der Waals surface area contributed by atoms with Gasteiger partial charge in [0.1, 0.15) is 0 Å². The lowest BCUT2D eigenvalue weighted by atomic mass is 9.87. The van der Waals surface area contributed by atoms with Crippen LogP contribution >= 0.6 is 11.8 Å². The summed E-state index contributed by atoms with van der Waals surface area (Å²) in [6.45, 7) is 13.0. The summed E-state index contributed by atoms with van der Waals surface area (Å²) in [6, 6.07) is 15.6. The fourth-order valence-corrected chi connectivity index (χ4v) is 6.20. The molecule has 2 heterocycles. The molecule has 2 aromatic carbocycles. The number of nitrogens with zero attached hydrogens (tertiary/aromatic N) is 3. The van der Waals surface area contributed by atoms with Crippen LogP contribution in [-0.4, -0.2) is 67.0 Å². The van der Waals surface area contributed by atoms with E-state index >= 15 is 0 Å². The van der Waals surface area contributed by atoms with Crippen molar-refractivity contribution < 1.29 is 18.0 Å². The van der Waals surface area contributed by atoms with Crippen LogP contribution in [0.25, 0.3) is 0 Å². The van der Waals surface area contributed by atoms with Gasteiger partial charge in [-0.25, -0.2) is 0 Å². The molecule has 1 amide bonds. The van der Waals surface area contributed by atoms with Crippen molar-refractivity contribution in [1.82, 2.24) is 9.80 Å². The normalized spacial score (nSPS) is 19.2. The number of anilines is 1. The Morgan fingerprint density at radius 3 is 2.25 bits per heavy atom. The lowest BCUT2D eigenvalue weighted by Gasteiger charge is -2.33. The van der Waals surface area contributed by atoms with Crippen LogP contribution in [0.3, 0.4) is 0 Å². The number of rotatable bonds is 7. The molecule has 0 aromatic heterocycles. The van der Waals surface area contributed by atoms with Gasteiger partial charge in [0.05, 0.1) is 0 Å². The van der Waals surface area contributed by atoms with Gasteiger partial charge in [-0.2, -0.15) is 13.2 Å². The first-order chi connectivity index (χ1) is 18.5. The Hall–Kier alpha value is -2.19. The van der Waals surface area contributed by atoms with Crippen molar-refractivity contribution >= 4 is 23.4 Å². The van der Waals surface area contributed by atoms with E-state index in [1.807, 2.05) is 4.90 Å². The molecule has 0 radical (unpaired) electrons. The number of carbonyl (C=O) groups is 1. The lowest BCUT2D eigenvalue weighted by Crippen LogP contribution is -2.42. The molecule has 0 aliphatic carbocycles. The first-order valence-electron chi connectivity index (χ1n) is 14.2. The quantitative estimate of drug-likeness (QED) is 0.317. The molecule has 0 spiro atoms. The summed E-state index contributed by atoms with van der Waals surface area (Å²) in [6.07, 6.45) is 4.43. The van der Waals surface area contributed by atoms with E-state index in [1.165, 1.54) is 11.3 Å². The highest BCUT2D eigenvalue weighted by Gasteiger charge is 2.29. The number of alkyl halides is 3. The summed E-state index contributed by atoms with van der Waals surface area (Å²) in [5.74, 6) is 0.565. The van der Waals surface area contributed by atoms with E-state index in [0.29, 0.717) is 12.3 Å². The van der Waals surface area contributed by atoms with Crippen molar-refractivity contribution in [3.05, 3.63) is 59.7 Å². The van der Waals surface area contributed by atoms with E-state index in [-0.39, 0.29) is 35.4 Å². The molecule has 2 fully saturated rings. The van der Waals surface area contributed by atoms with Crippen LogP contribution in [0.2, 0.25) is 0 Å². The summed E-state index contributed by atoms with van der Waals surface area (Å²) < 4.78 is 37.8. The predicted molar refractivity (Wildman–Crippen MR) is 161 cm³/mol. The third-order valence-corrected chi connectivity index (χ3v) is 8.62. The topological polar surface area (TPSA) is 26.8 Å². The zero-order valence-corrected chi connectivity index (χ0v) is 24.3. The van der Waals surface area contributed by atoms with Crippen LogP contribution < -0.4 is 4.90 Å². The molecule has 4 rings (SSSR count). The van der Waals surface area contributed by atoms with Crippen molar-refractivity contribution in [2.24, 2.45) is 5.92 Å². The Kier molecular flexibility index (Phi) is 11.4. The number of hydrogen-bond acceptors (Lipinski definition) is 4. The Bertz CT molecular complexity index is 1070. The molecular formula is C32H46F3N3OS. The SMILES string of the molecule is C.CC(C)(C)c1ccc(N2CCCN(CCC(=O)N3CCC[C@H](Cc4ccc(SC(F)(F)F)cc4)C3)CC2)cc1. The highest BCUT2D eigenvalue weighted by molar-refractivity contribution is 8.00. The number of amides is 1. The van der Waals surface area contributed by atoms with Crippen molar-refractivity contribution in [2.45, 2.75) is 76.1 Å². The Morgan fingerprint density at radius 2 is 1.60 bits per heavy atom. The second-order valence-corrected chi connectivity index (χ2v) is 13.1. The minimum atomic E-state index is -4.27. The van der Waals surface area contributed by atoms with E-state index < -0.39 is 5.51 Å². The van der Waals surface area contributed by atoms with Gasteiger partial charge in [-0.1, -0.05) is 52.5 Å². The summed E-state index contributed by atoms with van der Waals surface area (Å²) in [5, 5.41) is 0. The molecule has 222 valence electrons. The van der Waals surface area contributed by atoms with Gasteiger partial charge < -0.3 is 14.7 Å². The second-order valence-electron chi connectivity index (χ2n) is 12.0. The Balaban J connectivity index is 0.00000441. The molecule has 2 saturated heterocycles. The van der Waals surface area contributed by atoms with Crippen LogP contribution in [0.15, 0.2) is 53.4 Å². The standard InChI is InChI=1S/C31H42F3N3OS.CH4/c1-30(2,3)26-9-11-27(12-10-26)36-18-5-16-35(20-21-36)19-15-29(38)37-17-4-6-25(23-37)22-24-7-13-28(14-8-24)39-31(32,33)34;/h7-14,25H,4-6,15-23H2,1-3H3;1H4/t25-;/m1./s1. The number of halogens is 3. The molecular weight excluding hydrogens is 531 g/mol. The van der Waals surface area contributed by atoms with Crippen molar-refractivity contribution in [1.29, 1.82) is 0 Å². The molecule has 2 aromatic rings. The first kappa shape index (κ1) is 32.3. The Labute approximate surface area is 243 Å². The van der Waals surface area contributed by atoms with E-state index in [4.69, 9.17) is 0 Å². The van der Waals surface area contributed by atoms with Gasteiger partial charge in [0, 0.05) is 56.3 Å². The van der Waals surface area contributed by atoms with E-state index in [0.717, 1.165) is 77.1 Å². The molecule has 8 heteroatoms. The smallest absolute Gasteiger partial charge is 0.370 e. The summed E-state index contributed by atoms with van der Waals surface area (Å²) in [5.41, 5.74) is -0.466. The van der Waals surface area contributed by atoms with Crippen LogP contribution in [-0.2, 0) is 16.6 Å². The van der Waals surface area contributed by atoms with Gasteiger partial charge >= 0.3 is 5.51 Å². The highest BCUT2D eigenvalue weighted by atomic mass is 32.2. The van der Waals surface area contributed by atoms with Crippen LogP contribution in [0, 0.1) is 5.92 Å². The number of carbonyl (C=O) groups excluding carboxylic acids is 1. The molecule has 4 nitrogen and oxygen atoms in total. The van der Waals surface area contributed by atoms with Crippen LogP contribution in [0.1, 0.15) is 65.0 Å². The largest absolute Gasteiger partial charge is 0.446 e. The zero-order valence-electron chi connectivity index (χ0n) is 23.5. The minimum absolute atomic E-state index is 0. The average Bonchev–Trinajstić information content (AvgIpc) is 3.13. The van der Waals surface area contributed by atoms with Crippen molar-refractivity contribution in [2.75, 3.05) is 50.7 Å². The maximum atomic E-state index is 13.1. The molecule has 40 heavy (non-hydrogen) atoms. The number of hydrogen-bond donors (Lipinski definition) is 0. The van der Waals surface area contributed by atoms with E-state index in [2.05, 4.69) is 54.8 Å². The number of thioether (sulfide) groups is 1. The van der Waals surface area contributed by atoms with Gasteiger partial charge in [-0.15, -0.1) is 0 Å². The monoisotopic (exact) mass is 577 g/mol. The molecule has 0 saturated carbocycles. The van der Waals surface area contributed by atoms with E-state index in [9.17, 15) is 18.0 Å². The number of piperidine rings is 1. The number of benzene rings is 2. The average molecular weight is 578 g/mol. The highest BCUT2D eigenvalue weighted by Crippen LogP contribution is 2.37. The van der Waals surface area contributed by atoms with Gasteiger partial charge in [-0.3, -0.25) is 4.79 Å². The van der Waals surface area contributed by atoms with Crippen LogP contribution in [0.5, 0.6) is 0 Å². The Morgan fingerprint density at radius 1 is 0.900 bits per heavy atom. The van der Waals surface area contributed by atoms with Gasteiger partial charge in [-0.05, 0) is 90.7 Å². The second kappa shape index (κ2) is 14.1. The van der Waals surface area contributed by atoms with Gasteiger partial charge in [0.25, 0.3) is 0 Å². The summed E-state index contributed by atoms with van der Waals surface area (Å²) >= 11 is -0.0813. The van der Waals surface area contributed by atoms with Crippen molar-refractivity contribution in [3.63, 3.8) is 0 Å². The van der Waals surface area contributed by atoms with E-state index in [1.54, 1.807) is 24.3 Å². The fraction of sp³-hybridized carbons (Fsp3) is 0.594. The lowest BCUT2D eigenvalue weighted by molar-refractivity contribution is -0.133. The number of likely N-dealkylation sites (tertiary alicyclic amines) is 1. The molecule has 0 bridgehead atoms. The summed E-state index contributed by atoms with van der Waals surface area (Å²) in [4.78, 5) is 20.2. The molecule has 0 N–H and O–H groups in total. The summed E-state index contributed by atoms with van der Waals surface area (Å²) in [7, 11) is 0. The molecule has 0 unspecified atom stereocenters. The third-order valence-electron chi connectivity index (χ3n) is 7.88. The third kappa shape index (κ3) is 9.72. The maximum Gasteiger partial charge on any atom is 0.446 e. The van der Waals surface area contributed by atoms with Gasteiger partial charge in [0.15, 0.2) is 0 Å². The fourth-order valence-electron chi connectivity index (χ4n) is 5.66. The first-order valence-corrected chi connectivity index (χ1v) is 15.0. The van der Waals surface area contributed by atoms with Crippen LogP contribution in [0.4, 0.5) is 18.9 Å². The maximum absolute atomic E-state index is 13.1. The van der Waals surface area contributed by atoms with Crippen molar-refractivity contribution in [3.8, 4) is 0 Å². The molecule has 1 atom stereocenters. The van der Waals surface area contributed by atoms with Gasteiger partial charge in [0.2, 0.25) is 5.91 Å². The molecule has 2 aliphatic rings. The molecule has 2 aliphatic heterocycles. The predicted octanol–water partition coefficient (Wildman–Crippen LogP) is 7.62. The zero-order chi connectivity index (χ0) is 28.0. The minimum Gasteiger partial charge on any atom is -0.370 e.